The average molecular weight is 359 g/mol. The quantitative estimate of drug-likeness (QED) is 0.706. The van der Waals surface area contributed by atoms with Gasteiger partial charge in [0.15, 0.2) is 0 Å². The number of benzene rings is 1. The number of hydrogen-bond acceptors (Lipinski definition) is 3. The maximum absolute atomic E-state index is 10.6. The Kier molecular flexibility index (Phi) is 5.55. The average Bonchev–Trinajstić information content (AvgIpc) is 2.99. The molecule has 4 atom stereocenters. The summed E-state index contributed by atoms with van der Waals surface area (Å²) < 4.78 is 8.67. The maximum Gasteiger partial charge on any atom is 0.149 e. The number of hydrogen-bond donors (Lipinski definition) is 1. The monoisotopic (exact) mass is 359 g/mol. The second-order valence-corrected chi connectivity index (χ2v) is 8.74. The van der Waals surface area contributed by atoms with E-state index in [4.69, 9.17) is 4.52 Å². The van der Waals surface area contributed by atoms with E-state index in [1.807, 2.05) is 6.08 Å². The zero-order chi connectivity index (χ0) is 18.1. The fourth-order valence-corrected chi connectivity index (χ4v) is 4.70. The van der Waals surface area contributed by atoms with Crippen molar-refractivity contribution < 1.29 is 9.63 Å². The number of allylic oxidation sites excluding steroid dienone is 3. The minimum atomic E-state index is 0.267. The molecule has 0 spiro atoms. The van der Waals surface area contributed by atoms with Gasteiger partial charge in [-0.25, -0.2) is 0 Å². The summed E-state index contributed by atoms with van der Waals surface area (Å²) in [7, 11) is 0.342. The highest BCUT2D eigenvalue weighted by molar-refractivity contribution is 7.29. The van der Waals surface area contributed by atoms with Gasteiger partial charge in [-0.3, -0.25) is 4.67 Å². The summed E-state index contributed by atoms with van der Waals surface area (Å²) in [4.78, 5) is 0. The van der Waals surface area contributed by atoms with Crippen LogP contribution in [0.5, 0.6) is 5.75 Å². The first-order valence-electron chi connectivity index (χ1n) is 9.27. The highest BCUT2D eigenvalue weighted by atomic mass is 31.1. The van der Waals surface area contributed by atoms with E-state index >= 15 is 0 Å². The van der Waals surface area contributed by atoms with Gasteiger partial charge < -0.3 is 9.63 Å². The zero-order valence-corrected chi connectivity index (χ0v) is 17.0. The van der Waals surface area contributed by atoms with Crippen LogP contribution in [-0.4, -0.2) is 22.9 Å². The van der Waals surface area contributed by atoms with Crippen LogP contribution in [0.15, 0.2) is 30.0 Å². The SMILES string of the molecule is Cc1ccc(OPN2CC[C@H](C)C2)c(C2=C(O)C=CC(C)[C@H]2C)c1C. The van der Waals surface area contributed by atoms with E-state index in [2.05, 4.69) is 57.5 Å². The molecule has 0 saturated carbocycles. The summed E-state index contributed by atoms with van der Waals surface area (Å²) in [6, 6.07) is 4.19. The van der Waals surface area contributed by atoms with Gasteiger partial charge in [-0.2, -0.15) is 0 Å². The molecule has 2 aliphatic rings. The molecule has 0 aromatic heterocycles. The van der Waals surface area contributed by atoms with Crippen molar-refractivity contribution in [1.82, 2.24) is 4.67 Å². The third kappa shape index (κ3) is 3.78. The van der Waals surface area contributed by atoms with Gasteiger partial charge in [-0.15, -0.1) is 0 Å². The number of aliphatic hydroxyl groups excluding tert-OH is 1. The fraction of sp³-hybridized carbons (Fsp3) is 0.524. The van der Waals surface area contributed by atoms with Crippen LogP contribution in [0.25, 0.3) is 5.57 Å². The van der Waals surface area contributed by atoms with Crippen molar-refractivity contribution in [2.24, 2.45) is 17.8 Å². The minimum Gasteiger partial charge on any atom is -0.508 e. The Morgan fingerprint density at radius 3 is 2.64 bits per heavy atom. The molecule has 3 rings (SSSR count). The predicted molar refractivity (Wildman–Crippen MR) is 107 cm³/mol. The Bertz CT molecular complexity index is 710. The van der Waals surface area contributed by atoms with Crippen molar-refractivity contribution in [2.75, 3.05) is 13.1 Å². The standard InChI is InChI=1S/C21H30NO2P/c1-13-10-11-22(12-13)25-24-19-9-7-15(3)17(5)21(19)20-16(4)14(2)6-8-18(20)23/h6-9,13-14,16,23,25H,10-12H2,1-5H3/t13-,14?,16+/m0/s1. The minimum absolute atomic E-state index is 0.267. The summed E-state index contributed by atoms with van der Waals surface area (Å²) in [6.45, 7) is 13.2. The van der Waals surface area contributed by atoms with Gasteiger partial charge in [0.25, 0.3) is 0 Å². The first-order valence-corrected chi connectivity index (χ1v) is 10.1. The molecule has 1 heterocycles. The summed E-state index contributed by atoms with van der Waals surface area (Å²) >= 11 is 0. The van der Waals surface area contributed by atoms with E-state index in [9.17, 15) is 5.11 Å². The first-order chi connectivity index (χ1) is 11.9. The van der Waals surface area contributed by atoms with Crippen LogP contribution in [0, 0.1) is 31.6 Å². The third-order valence-corrected chi connectivity index (χ3v) is 6.73. The van der Waals surface area contributed by atoms with E-state index in [-0.39, 0.29) is 5.92 Å². The van der Waals surface area contributed by atoms with Gasteiger partial charge >= 0.3 is 0 Å². The lowest BCUT2D eigenvalue weighted by Gasteiger charge is -2.28. The van der Waals surface area contributed by atoms with Crippen LogP contribution in [0.3, 0.4) is 0 Å². The smallest absolute Gasteiger partial charge is 0.149 e. The molecule has 1 aliphatic carbocycles. The normalized spacial score (nSPS) is 27.6. The predicted octanol–water partition coefficient (Wildman–Crippen LogP) is 5.64. The molecule has 136 valence electrons. The summed E-state index contributed by atoms with van der Waals surface area (Å²) in [5.41, 5.74) is 4.54. The van der Waals surface area contributed by atoms with Crippen molar-refractivity contribution in [3.05, 3.63) is 46.7 Å². The molecule has 1 N–H and O–H groups in total. The summed E-state index contributed by atoms with van der Waals surface area (Å²) in [5, 5.41) is 10.6. The molecule has 3 nitrogen and oxygen atoms in total. The highest BCUT2D eigenvalue weighted by Gasteiger charge is 2.28. The van der Waals surface area contributed by atoms with Gasteiger partial charge in [-0.1, -0.05) is 32.9 Å². The van der Waals surface area contributed by atoms with Crippen molar-refractivity contribution in [1.29, 1.82) is 0 Å². The van der Waals surface area contributed by atoms with Crippen molar-refractivity contribution in [3.8, 4) is 5.75 Å². The third-order valence-electron chi connectivity index (χ3n) is 5.75. The van der Waals surface area contributed by atoms with Gasteiger partial charge in [0.1, 0.15) is 20.5 Å². The summed E-state index contributed by atoms with van der Waals surface area (Å²) in [6.07, 6.45) is 5.18. The lowest BCUT2D eigenvalue weighted by molar-refractivity contribution is 0.414. The molecule has 0 radical (unpaired) electrons. The molecule has 2 unspecified atom stereocenters. The van der Waals surface area contributed by atoms with Crippen molar-refractivity contribution in [2.45, 2.75) is 41.0 Å². The second-order valence-electron chi connectivity index (χ2n) is 7.72. The fourth-order valence-electron chi connectivity index (χ4n) is 3.69. The molecule has 1 aliphatic heterocycles. The lowest BCUT2D eigenvalue weighted by atomic mass is 9.78. The molecule has 1 aromatic carbocycles. The van der Waals surface area contributed by atoms with Gasteiger partial charge in [0.2, 0.25) is 0 Å². The first kappa shape index (κ1) is 18.5. The zero-order valence-electron chi connectivity index (χ0n) is 16.0. The number of rotatable bonds is 4. The largest absolute Gasteiger partial charge is 0.508 e. The van der Waals surface area contributed by atoms with E-state index in [1.54, 1.807) is 0 Å². The molecule has 4 heteroatoms. The number of aryl methyl sites for hydroxylation is 1. The Morgan fingerprint density at radius 1 is 1.20 bits per heavy atom. The molecule has 1 saturated heterocycles. The van der Waals surface area contributed by atoms with Crippen LogP contribution >= 0.6 is 8.96 Å². The Morgan fingerprint density at radius 2 is 1.96 bits per heavy atom. The Labute approximate surface area is 153 Å². The van der Waals surface area contributed by atoms with Crippen molar-refractivity contribution in [3.63, 3.8) is 0 Å². The molecule has 0 bridgehead atoms. The molecule has 0 amide bonds. The van der Waals surface area contributed by atoms with E-state index < -0.39 is 0 Å². The molecular formula is C21H30NO2P. The van der Waals surface area contributed by atoms with Crippen LogP contribution in [0.4, 0.5) is 0 Å². The Hall–Kier alpha value is -1.31. The summed E-state index contributed by atoms with van der Waals surface area (Å²) in [5.74, 6) is 2.70. The second kappa shape index (κ2) is 7.51. The van der Waals surface area contributed by atoms with Crippen LogP contribution < -0.4 is 4.52 Å². The maximum atomic E-state index is 10.6. The Balaban J connectivity index is 1.94. The molecular weight excluding hydrogens is 329 g/mol. The van der Waals surface area contributed by atoms with Gasteiger partial charge in [0.05, 0.1) is 0 Å². The number of aliphatic hydroxyl groups is 1. The van der Waals surface area contributed by atoms with Gasteiger partial charge in [0, 0.05) is 24.2 Å². The highest BCUT2D eigenvalue weighted by Crippen LogP contribution is 2.44. The lowest BCUT2D eigenvalue weighted by Crippen LogP contribution is -2.16. The van der Waals surface area contributed by atoms with Crippen LogP contribution in [0.2, 0.25) is 0 Å². The molecule has 1 aromatic rings. The van der Waals surface area contributed by atoms with E-state index in [1.165, 1.54) is 17.5 Å². The van der Waals surface area contributed by atoms with E-state index in [0.29, 0.717) is 20.6 Å². The van der Waals surface area contributed by atoms with Crippen molar-refractivity contribution >= 4 is 14.5 Å². The topological polar surface area (TPSA) is 32.7 Å². The number of nitrogens with zero attached hydrogens (tertiary/aromatic N) is 1. The van der Waals surface area contributed by atoms with E-state index in [0.717, 1.165) is 35.9 Å². The molecule has 25 heavy (non-hydrogen) atoms. The van der Waals surface area contributed by atoms with Gasteiger partial charge in [-0.05, 0) is 61.3 Å². The molecule has 1 fully saturated rings. The van der Waals surface area contributed by atoms with Crippen LogP contribution in [0.1, 0.15) is 43.9 Å². The van der Waals surface area contributed by atoms with Crippen LogP contribution in [-0.2, 0) is 0 Å².